The fourth-order valence-corrected chi connectivity index (χ4v) is 2.35. The first-order valence-corrected chi connectivity index (χ1v) is 8.28. The molecule has 0 radical (unpaired) electrons. The Morgan fingerprint density at radius 1 is 1.17 bits per heavy atom. The average molecular weight is 331 g/mol. The van der Waals surface area contributed by atoms with Crippen LogP contribution in [-0.4, -0.2) is 35.7 Å². The number of hydrogen-bond donors (Lipinski definition) is 1. The third-order valence-corrected chi connectivity index (χ3v) is 3.65. The van der Waals surface area contributed by atoms with E-state index in [-0.39, 0.29) is 12.5 Å². The van der Waals surface area contributed by atoms with Gasteiger partial charge in [0.15, 0.2) is 18.1 Å². The number of rotatable bonds is 11. The normalized spacial score (nSPS) is 10.4. The van der Waals surface area contributed by atoms with Crippen LogP contribution in [0.3, 0.4) is 0 Å². The fraction of sp³-hybridized carbons (Fsp3) is 0.444. The molecule has 0 aliphatic carbocycles. The van der Waals surface area contributed by atoms with Gasteiger partial charge in [-0.05, 0) is 25.0 Å². The van der Waals surface area contributed by atoms with E-state index in [1.165, 1.54) is 0 Å². The van der Waals surface area contributed by atoms with Crippen molar-refractivity contribution in [2.75, 3.05) is 20.3 Å². The molecule has 0 unspecified atom stereocenters. The van der Waals surface area contributed by atoms with E-state index in [0.29, 0.717) is 18.0 Å². The minimum Gasteiger partial charge on any atom is -0.493 e. The number of methoxy groups -OCH3 is 1. The summed E-state index contributed by atoms with van der Waals surface area (Å²) in [6.45, 7) is 1.68. The van der Waals surface area contributed by atoms with E-state index in [1.54, 1.807) is 25.4 Å². The van der Waals surface area contributed by atoms with E-state index in [2.05, 4.69) is 14.9 Å². The molecule has 0 aliphatic heterocycles. The van der Waals surface area contributed by atoms with Crippen molar-refractivity contribution in [1.29, 1.82) is 0 Å². The number of aryl methyl sites for hydroxylation is 1. The Morgan fingerprint density at radius 2 is 1.96 bits per heavy atom. The summed E-state index contributed by atoms with van der Waals surface area (Å²) in [6, 6.07) is 7.29. The number of unbranched alkanes of at least 4 members (excludes halogenated alkanes) is 3. The van der Waals surface area contributed by atoms with Crippen molar-refractivity contribution in [2.24, 2.45) is 0 Å². The SMILES string of the molecule is COc1ccccc1OCC(=O)NCCCCCCn1ccnc1. The molecular formula is C18H25N3O3. The Morgan fingerprint density at radius 3 is 2.71 bits per heavy atom. The number of carbonyl (C=O) groups excluding carboxylic acids is 1. The Bertz CT molecular complexity index is 599. The molecule has 0 bridgehead atoms. The van der Waals surface area contributed by atoms with Gasteiger partial charge in [-0.15, -0.1) is 0 Å². The number of para-hydroxylation sites is 2. The summed E-state index contributed by atoms with van der Waals surface area (Å²) in [7, 11) is 1.58. The van der Waals surface area contributed by atoms with E-state index in [9.17, 15) is 4.79 Å². The van der Waals surface area contributed by atoms with E-state index in [4.69, 9.17) is 9.47 Å². The number of nitrogens with one attached hydrogen (secondary N) is 1. The molecule has 0 saturated heterocycles. The molecule has 1 aromatic carbocycles. The van der Waals surface area contributed by atoms with Gasteiger partial charge in [-0.3, -0.25) is 4.79 Å². The van der Waals surface area contributed by atoms with Crippen LogP contribution in [0.5, 0.6) is 11.5 Å². The number of amides is 1. The van der Waals surface area contributed by atoms with Crippen LogP contribution in [0.4, 0.5) is 0 Å². The van der Waals surface area contributed by atoms with E-state index in [1.807, 2.05) is 24.7 Å². The highest BCUT2D eigenvalue weighted by atomic mass is 16.5. The lowest BCUT2D eigenvalue weighted by atomic mass is 10.2. The van der Waals surface area contributed by atoms with Crippen LogP contribution >= 0.6 is 0 Å². The third kappa shape index (κ3) is 6.32. The molecule has 1 N–H and O–H groups in total. The van der Waals surface area contributed by atoms with Crippen molar-refractivity contribution < 1.29 is 14.3 Å². The zero-order valence-corrected chi connectivity index (χ0v) is 14.1. The Labute approximate surface area is 142 Å². The van der Waals surface area contributed by atoms with Gasteiger partial charge in [-0.25, -0.2) is 4.98 Å². The minimum absolute atomic E-state index is 0.000995. The minimum atomic E-state index is -0.112. The quantitative estimate of drug-likeness (QED) is 0.643. The van der Waals surface area contributed by atoms with Gasteiger partial charge in [0.2, 0.25) is 0 Å². The molecule has 6 nitrogen and oxygen atoms in total. The van der Waals surface area contributed by atoms with Crippen LogP contribution in [0.1, 0.15) is 25.7 Å². The zero-order chi connectivity index (χ0) is 17.0. The van der Waals surface area contributed by atoms with Crippen molar-refractivity contribution in [2.45, 2.75) is 32.2 Å². The molecular weight excluding hydrogens is 306 g/mol. The zero-order valence-electron chi connectivity index (χ0n) is 14.1. The second kappa shape index (κ2) is 10.3. The number of hydrogen-bond acceptors (Lipinski definition) is 4. The summed E-state index contributed by atoms with van der Waals surface area (Å²) in [4.78, 5) is 15.8. The summed E-state index contributed by atoms with van der Waals surface area (Å²) in [5.41, 5.74) is 0. The van der Waals surface area contributed by atoms with E-state index in [0.717, 1.165) is 32.2 Å². The summed E-state index contributed by atoms with van der Waals surface area (Å²) >= 11 is 0. The largest absolute Gasteiger partial charge is 0.493 e. The van der Waals surface area contributed by atoms with Crippen molar-refractivity contribution in [3.8, 4) is 11.5 Å². The fourth-order valence-electron chi connectivity index (χ4n) is 2.35. The van der Waals surface area contributed by atoms with E-state index < -0.39 is 0 Å². The summed E-state index contributed by atoms with van der Waals surface area (Å²) in [5, 5.41) is 2.87. The molecule has 24 heavy (non-hydrogen) atoms. The van der Waals surface area contributed by atoms with Crippen molar-refractivity contribution in [3.63, 3.8) is 0 Å². The van der Waals surface area contributed by atoms with Gasteiger partial charge < -0.3 is 19.4 Å². The van der Waals surface area contributed by atoms with Gasteiger partial charge in [0.25, 0.3) is 5.91 Å². The monoisotopic (exact) mass is 331 g/mol. The Balaban J connectivity index is 1.50. The van der Waals surface area contributed by atoms with Gasteiger partial charge in [-0.1, -0.05) is 25.0 Å². The molecule has 1 aromatic heterocycles. The van der Waals surface area contributed by atoms with Crippen molar-refractivity contribution in [3.05, 3.63) is 43.0 Å². The molecule has 0 atom stereocenters. The average Bonchev–Trinajstić information content (AvgIpc) is 3.12. The smallest absolute Gasteiger partial charge is 0.257 e. The maximum absolute atomic E-state index is 11.8. The van der Waals surface area contributed by atoms with Crippen molar-refractivity contribution >= 4 is 5.91 Å². The molecule has 0 fully saturated rings. The number of ether oxygens (including phenoxy) is 2. The number of nitrogens with zero attached hydrogens (tertiary/aromatic N) is 2. The topological polar surface area (TPSA) is 65.4 Å². The van der Waals surface area contributed by atoms with Gasteiger partial charge in [-0.2, -0.15) is 0 Å². The van der Waals surface area contributed by atoms with Crippen LogP contribution in [0.15, 0.2) is 43.0 Å². The highest BCUT2D eigenvalue weighted by molar-refractivity contribution is 5.77. The predicted molar refractivity (Wildman–Crippen MR) is 92.2 cm³/mol. The number of imidazole rings is 1. The number of aromatic nitrogens is 2. The van der Waals surface area contributed by atoms with Crippen LogP contribution in [0.2, 0.25) is 0 Å². The summed E-state index contributed by atoms with van der Waals surface area (Å²) in [5.74, 6) is 1.09. The highest BCUT2D eigenvalue weighted by Gasteiger charge is 2.06. The van der Waals surface area contributed by atoms with Crippen LogP contribution in [0, 0.1) is 0 Å². The first kappa shape index (κ1) is 17.8. The van der Waals surface area contributed by atoms with Crippen molar-refractivity contribution in [1.82, 2.24) is 14.9 Å². The molecule has 0 aliphatic rings. The lowest BCUT2D eigenvalue weighted by Gasteiger charge is -2.10. The molecule has 2 aromatic rings. The summed E-state index contributed by atoms with van der Waals surface area (Å²) in [6.07, 6.45) is 9.95. The maximum Gasteiger partial charge on any atom is 0.257 e. The number of carbonyl (C=O) groups is 1. The highest BCUT2D eigenvalue weighted by Crippen LogP contribution is 2.25. The molecule has 130 valence electrons. The third-order valence-electron chi connectivity index (χ3n) is 3.65. The molecule has 2 rings (SSSR count). The van der Waals surface area contributed by atoms with Crippen LogP contribution in [-0.2, 0) is 11.3 Å². The summed E-state index contributed by atoms with van der Waals surface area (Å²) < 4.78 is 12.7. The second-order valence-corrected chi connectivity index (χ2v) is 5.50. The Kier molecular flexibility index (Phi) is 7.67. The maximum atomic E-state index is 11.8. The standard InChI is InChI=1S/C18H25N3O3/c1-23-16-8-4-5-9-17(16)24-14-18(22)20-10-6-2-3-7-12-21-13-11-19-15-21/h4-5,8-9,11,13,15H,2-3,6-7,10,12,14H2,1H3,(H,20,22). The molecule has 6 heteroatoms. The van der Waals surface area contributed by atoms with E-state index >= 15 is 0 Å². The molecule has 0 spiro atoms. The van der Waals surface area contributed by atoms with Gasteiger partial charge in [0, 0.05) is 25.5 Å². The predicted octanol–water partition coefficient (Wildman–Crippen LogP) is 2.65. The number of benzene rings is 1. The molecule has 0 saturated carbocycles. The molecule has 1 heterocycles. The molecule has 1 amide bonds. The first-order chi connectivity index (χ1) is 11.8. The first-order valence-electron chi connectivity index (χ1n) is 8.28. The van der Waals surface area contributed by atoms with Crippen LogP contribution in [0.25, 0.3) is 0 Å². The lowest BCUT2D eigenvalue weighted by molar-refractivity contribution is -0.123. The van der Waals surface area contributed by atoms with Gasteiger partial charge in [0.1, 0.15) is 0 Å². The lowest BCUT2D eigenvalue weighted by Crippen LogP contribution is -2.29. The Hall–Kier alpha value is -2.50. The second-order valence-electron chi connectivity index (χ2n) is 5.50. The van der Waals surface area contributed by atoms with Gasteiger partial charge in [0.05, 0.1) is 13.4 Å². The van der Waals surface area contributed by atoms with Crippen LogP contribution < -0.4 is 14.8 Å². The van der Waals surface area contributed by atoms with Gasteiger partial charge >= 0.3 is 0 Å².